The van der Waals surface area contributed by atoms with E-state index in [2.05, 4.69) is 32.8 Å². The Morgan fingerprint density at radius 1 is 1.25 bits per heavy atom. The summed E-state index contributed by atoms with van der Waals surface area (Å²) in [6.07, 6.45) is 6.08. The molecule has 1 unspecified atom stereocenters. The average Bonchev–Trinajstić information content (AvgIpc) is 2.94. The van der Waals surface area contributed by atoms with Crippen molar-refractivity contribution in [2.45, 2.75) is 57.8 Å². The van der Waals surface area contributed by atoms with Gasteiger partial charge in [0.05, 0.1) is 23.9 Å². The predicted molar refractivity (Wildman–Crippen MR) is 77.0 cm³/mol. The average molecular weight is 278 g/mol. The van der Waals surface area contributed by atoms with Crippen LogP contribution < -0.4 is 5.46 Å². The number of hydrogen-bond donors (Lipinski definition) is 0. The molecule has 0 spiro atoms. The molecule has 0 bridgehead atoms. The molecule has 3 rings (SSSR count). The highest BCUT2D eigenvalue weighted by Crippen LogP contribution is 2.36. The van der Waals surface area contributed by atoms with E-state index in [4.69, 9.17) is 14.0 Å². The minimum Gasteiger partial charge on any atom is -0.399 e. The quantitative estimate of drug-likeness (QED) is 0.770. The molecular weight excluding hydrogens is 255 g/mol. The van der Waals surface area contributed by atoms with Crippen molar-refractivity contribution >= 4 is 12.6 Å². The highest BCUT2D eigenvalue weighted by Gasteiger charge is 2.52. The molecule has 1 aromatic heterocycles. The van der Waals surface area contributed by atoms with Gasteiger partial charge in [-0.15, -0.1) is 0 Å². The van der Waals surface area contributed by atoms with Crippen LogP contribution in [0.1, 0.15) is 46.6 Å². The Morgan fingerprint density at radius 2 is 1.95 bits per heavy atom. The lowest BCUT2D eigenvalue weighted by Crippen LogP contribution is -2.41. The second-order valence-corrected chi connectivity index (χ2v) is 6.71. The molecule has 0 N–H and O–H groups in total. The highest BCUT2D eigenvalue weighted by atomic mass is 16.7. The lowest BCUT2D eigenvalue weighted by molar-refractivity contribution is 0.00578. The van der Waals surface area contributed by atoms with Crippen LogP contribution in [-0.2, 0) is 14.0 Å². The topological polar surface area (TPSA) is 45.5 Å². The molecule has 0 amide bonds. The van der Waals surface area contributed by atoms with Gasteiger partial charge in [-0.25, -0.2) is 0 Å². The third kappa shape index (κ3) is 2.40. The Balaban J connectivity index is 1.74. The summed E-state index contributed by atoms with van der Waals surface area (Å²) >= 11 is 0. The maximum absolute atomic E-state index is 6.04. The molecule has 20 heavy (non-hydrogen) atoms. The Bertz CT molecular complexity index is 465. The Morgan fingerprint density at radius 3 is 2.55 bits per heavy atom. The van der Waals surface area contributed by atoms with E-state index in [9.17, 15) is 0 Å². The zero-order valence-electron chi connectivity index (χ0n) is 12.8. The molecule has 2 aliphatic rings. The lowest BCUT2D eigenvalue weighted by Gasteiger charge is -2.32. The van der Waals surface area contributed by atoms with Gasteiger partial charge in [-0.3, -0.25) is 4.68 Å². The standard InChI is InChI=1S/C14H23BN2O3/c1-13(2)14(3,4)20-15(19-13)11-8-16-17(9-11)12-6-5-7-18-10-12/h8-9,12H,5-7,10H2,1-4H3. The minimum atomic E-state index is -0.335. The third-order valence-corrected chi connectivity index (χ3v) is 4.66. The van der Waals surface area contributed by atoms with Crippen molar-refractivity contribution in [1.29, 1.82) is 0 Å². The van der Waals surface area contributed by atoms with Crippen LogP contribution in [0.15, 0.2) is 12.4 Å². The molecule has 0 aromatic carbocycles. The number of rotatable bonds is 2. The largest absolute Gasteiger partial charge is 0.498 e. The summed E-state index contributed by atoms with van der Waals surface area (Å²) < 4.78 is 19.6. The molecular formula is C14H23BN2O3. The van der Waals surface area contributed by atoms with Gasteiger partial charge in [0.15, 0.2) is 0 Å². The Kier molecular flexibility index (Phi) is 3.43. The van der Waals surface area contributed by atoms with Gasteiger partial charge in [-0.1, -0.05) is 0 Å². The summed E-state index contributed by atoms with van der Waals surface area (Å²) in [5.74, 6) is 0. The first kappa shape index (κ1) is 14.1. The molecule has 6 heteroatoms. The highest BCUT2D eigenvalue weighted by molar-refractivity contribution is 6.61. The van der Waals surface area contributed by atoms with Gasteiger partial charge >= 0.3 is 7.12 Å². The van der Waals surface area contributed by atoms with Crippen LogP contribution in [0.3, 0.4) is 0 Å². The van der Waals surface area contributed by atoms with Gasteiger partial charge in [0.1, 0.15) is 0 Å². The van der Waals surface area contributed by atoms with Crippen LogP contribution in [0.2, 0.25) is 0 Å². The van der Waals surface area contributed by atoms with E-state index in [0.717, 1.165) is 31.5 Å². The molecule has 1 aromatic rings. The zero-order chi connectivity index (χ0) is 14.4. The van der Waals surface area contributed by atoms with Gasteiger partial charge in [0.25, 0.3) is 0 Å². The lowest BCUT2D eigenvalue weighted by atomic mass is 9.82. The summed E-state index contributed by atoms with van der Waals surface area (Å²) in [6, 6.07) is 0.333. The number of nitrogens with zero attached hydrogens (tertiary/aromatic N) is 2. The van der Waals surface area contributed by atoms with Crippen LogP contribution >= 0.6 is 0 Å². The monoisotopic (exact) mass is 278 g/mol. The smallest absolute Gasteiger partial charge is 0.399 e. The fraction of sp³-hybridized carbons (Fsp3) is 0.786. The molecule has 5 nitrogen and oxygen atoms in total. The maximum Gasteiger partial charge on any atom is 0.498 e. The predicted octanol–water partition coefficient (Wildman–Crippen LogP) is 1.53. The van der Waals surface area contributed by atoms with Crippen molar-refractivity contribution in [3.63, 3.8) is 0 Å². The van der Waals surface area contributed by atoms with E-state index < -0.39 is 0 Å². The van der Waals surface area contributed by atoms with E-state index in [1.165, 1.54) is 0 Å². The van der Waals surface area contributed by atoms with Crippen LogP contribution in [0, 0.1) is 0 Å². The van der Waals surface area contributed by atoms with Crippen molar-refractivity contribution in [3.05, 3.63) is 12.4 Å². The molecule has 2 saturated heterocycles. The number of hydrogen-bond acceptors (Lipinski definition) is 4. The number of ether oxygens (including phenoxy) is 1. The normalized spacial score (nSPS) is 28.8. The van der Waals surface area contributed by atoms with E-state index >= 15 is 0 Å². The van der Waals surface area contributed by atoms with Crippen molar-refractivity contribution in [1.82, 2.24) is 9.78 Å². The second-order valence-electron chi connectivity index (χ2n) is 6.71. The van der Waals surface area contributed by atoms with Crippen LogP contribution in [0.25, 0.3) is 0 Å². The van der Waals surface area contributed by atoms with E-state index in [1.54, 1.807) is 0 Å². The summed E-state index contributed by atoms with van der Waals surface area (Å²) in [4.78, 5) is 0. The SMILES string of the molecule is CC1(C)OB(c2cnn(C3CCCOC3)c2)OC1(C)C. The van der Waals surface area contributed by atoms with Gasteiger partial charge < -0.3 is 14.0 Å². The molecule has 2 aliphatic heterocycles. The van der Waals surface area contributed by atoms with E-state index in [0.29, 0.717) is 6.04 Å². The van der Waals surface area contributed by atoms with Crippen molar-refractivity contribution in [3.8, 4) is 0 Å². The first-order chi connectivity index (χ1) is 9.39. The van der Waals surface area contributed by atoms with Gasteiger partial charge in [-0.05, 0) is 40.5 Å². The van der Waals surface area contributed by atoms with Gasteiger partial charge in [0, 0.05) is 24.5 Å². The molecule has 110 valence electrons. The van der Waals surface area contributed by atoms with Crippen LogP contribution in [0.5, 0.6) is 0 Å². The fourth-order valence-electron chi connectivity index (χ4n) is 2.59. The number of aromatic nitrogens is 2. The first-order valence-corrected chi connectivity index (χ1v) is 7.36. The first-order valence-electron chi connectivity index (χ1n) is 7.36. The minimum absolute atomic E-state index is 0.312. The van der Waals surface area contributed by atoms with E-state index in [1.807, 2.05) is 17.1 Å². The fourth-order valence-corrected chi connectivity index (χ4v) is 2.59. The third-order valence-electron chi connectivity index (χ3n) is 4.66. The Labute approximate surface area is 120 Å². The Hall–Kier alpha value is -0.845. The summed E-state index contributed by atoms with van der Waals surface area (Å²) in [5, 5.41) is 4.46. The van der Waals surface area contributed by atoms with Crippen LogP contribution in [0.4, 0.5) is 0 Å². The van der Waals surface area contributed by atoms with Gasteiger partial charge in [0.2, 0.25) is 0 Å². The van der Waals surface area contributed by atoms with Crippen molar-refractivity contribution in [2.24, 2.45) is 0 Å². The maximum atomic E-state index is 6.04. The van der Waals surface area contributed by atoms with Crippen molar-refractivity contribution in [2.75, 3.05) is 13.2 Å². The molecule has 0 saturated carbocycles. The summed E-state index contributed by atoms with van der Waals surface area (Å²) in [5.41, 5.74) is 0.357. The van der Waals surface area contributed by atoms with Crippen molar-refractivity contribution < 1.29 is 14.0 Å². The zero-order valence-corrected chi connectivity index (χ0v) is 12.8. The molecule has 1 atom stereocenters. The molecule has 0 aliphatic carbocycles. The molecule has 2 fully saturated rings. The molecule has 3 heterocycles. The van der Waals surface area contributed by atoms with Crippen LogP contribution in [-0.4, -0.2) is 41.3 Å². The summed E-state index contributed by atoms with van der Waals surface area (Å²) in [7, 11) is -0.335. The molecule has 0 radical (unpaired) electrons. The van der Waals surface area contributed by atoms with Gasteiger partial charge in [-0.2, -0.15) is 5.10 Å². The van der Waals surface area contributed by atoms with E-state index in [-0.39, 0.29) is 18.3 Å². The second kappa shape index (κ2) is 4.86. The summed E-state index contributed by atoms with van der Waals surface area (Å²) in [6.45, 7) is 9.85.